The molecule has 24 heavy (non-hydrogen) atoms. The van der Waals surface area contributed by atoms with Crippen LogP contribution in [0.1, 0.15) is 5.56 Å². The molecule has 7 heteroatoms. The van der Waals surface area contributed by atoms with Gasteiger partial charge in [-0.2, -0.15) is 0 Å². The Kier molecular flexibility index (Phi) is 4.19. The molecule has 6 nitrogen and oxygen atoms in total. The summed E-state index contributed by atoms with van der Waals surface area (Å²) in [5.74, 6) is 0. The van der Waals surface area contributed by atoms with Gasteiger partial charge in [-0.25, -0.2) is 9.78 Å². The Labute approximate surface area is 143 Å². The van der Waals surface area contributed by atoms with E-state index in [1.54, 1.807) is 25.0 Å². The van der Waals surface area contributed by atoms with Crippen LogP contribution in [0.25, 0.3) is 11.0 Å². The number of rotatable bonds is 3. The van der Waals surface area contributed by atoms with Gasteiger partial charge in [-0.15, -0.1) is 11.8 Å². The average Bonchev–Trinajstić information content (AvgIpc) is 2.60. The lowest BCUT2D eigenvalue weighted by molar-refractivity contribution is 0.707. The number of nitrogens with one attached hydrogen (secondary N) is 1. The van der Waals surface area contributed by atoms with Gasteiger partial charge < -0.3 is 5.32 Å². The zero-order valence-corrected chi connectivity index (χ0v) is 14.8. The molecule has 0 bridgehead atoms. The van der Waals surface area contributed by atoms with Crippen LogP contribution in [0, 0.1) is 6.92 Å². The van der Waals surface area contributed by atoms with E-state index < -0.39 is 0 Å². The number of anilines is 2. The van der Waals surface area contributed by atoms with Crippen LogP contribution in [0.4, 0.5) is 11.4 Å². The molecule has 0 unspecified atom stereocenters. The Morgan fingerprint density at radius 1 is 1.12 bits per heavy atom. The van der Waals surface area contributed by atoms with Gasteiger partial charge in [0.25, 0.3) is 5.56 Å². The minimum atomic E-state index is -0.390. The van der Waals surface area contributed by atoms with Crippen molar-refractivity contribution in [3.05, 3.63) is 56.9 Å². The fraction of sp³-hybridized carbons (Fsp3) is 0.235. The second-order valence-electron chi connectivity index (χ2n) is 5.55. The molecular weight excluding hydrogens is 324 g/mol. The number of aromatic nitrogens is 3. The smallest absolute Gasteiger partial charge is 0.332 e. The van der Waals surface area contributed by atoms with Gasteiger partial charge in [0.2, 0.25) is 0 Å². The zero-order valence-electron chi connectivity index (χ0n) is 14.0. The maximum absolute atomic E-state index is 12.7. The Hall–Kier alpha value is -2.54. The summed E-state index contributed by atoms with van der Waals surface area (Å²) in [5.41, 5.74) is 2.06. The first kappa shape index (κ1) is 16.3. The molecule has 1 N–H and O–H groups in total. The van der Waals surface area contributed by atoms with E-state index in [0.29, 0.717) is 16.7 Å². The highest BCUT2D eigenvalue weighted by molar-refractivity contribution is 7.98. The summed E-state index contributed by atoms with van der Waals surface area (Å²) in [6.45, 7) is 1.89. The van der Waals surface area contributed by atoms with Crippen molar-refractivity contribution in [1.82, 2.24) is 14.1 Å². The number of para-hydroxylation sites is 1. The molecule has 0 spiro atoms. The molecular formula is C17H18N4O2S. The highest BCUT2D eigenvalue weighted by Crippen LogP contribution is 2.31. The van der Waals surface area contributed by atoms with E-state index in [1.807, 2.05) is 37.4 Å². The molecule has 0 aliphatic rings. The summed E-state index contributed by atoms with van der Waals surface area (Å²) in [6.07, 6.45) is 3.67. The normalized spacial score (nSPS) is 11.0. The minimum absolute atomic E-state index is 0.353. The molecule has 0 saturated carbocycles. The van der Waals surface area contributed by atoms with Crippen LogP contribution in [0.2, 0.25) is 0 Å². The minimum Gasteiger partial charge on any atom is -0.354 e. The van der Waals surface area contributed by atoms with Crippen LogP contribution in [-0.4, -0.2) is 20.4 Å². The number of thioether (sulfide) groups is 1. The number of pyridine rings is 1. The van der Waals surface area contributed by atoms with Crippen LogP contribution >= 0.6 is 11.8 Å². The van der Waals surface area contributed by atoms with Crippen molar-refractivity contribution < 1.29 is 0 Å². The van der Waals surface area contributed by atoms with Crippen LogP contribution in [0.3, 0.4) is 0 Å². The SMILES string of the molecule is CSc1ccccc1Nc1c(C)cnc2c1c(=O)n(C)c(=O)n2C. The van der Waals surface area contributed by atoms with Gasteiger partial charge in [-0.05, 0) is 30.9 Å². The van der Waals surface area contributed by atoms with Gasteiger partial charge in [0.15, 0.2) is 5.65 Å². The predicted octanol–water partition coefficient (Wildman–Crippen LogP) is 2.41. The number of fused-ring (bicyclic) bond motifs is 1. The number of nitrogens with zero attached hydrogens (tertiary/aromatic N) is 3. The van der Waals surface area contributed by atoms with Gasteiger partial charge in [-0.3, -0.25) is 13.9 Å². The first-order chi connectivity index (χ1) is 11.5. The highest BCUT2D eigenvalue weighted by atomic mass is 32.2. The molecule has 0 aliphatic carbocycles. The van der Waals surface area contributed by atoms with Crippen LogP contribution in [0.5, 0.6) is 0 Å². The van der Waals surface area contributed by atoms with Crippen molar-refractivity contribution in [2.24, 2.45) is 14.1 Å². The van der Waals surface area contributed by atoms with E-state index in [2.05, 4.69) is 10.3 Å². The first-order valence-electron chi connectivity index (χ1n) is 7.41. The van der Waals surface area contributed by atoms with E-state index in [-0.39, 0.29) is 11.2 Å². The van der Waals surface area contributed by atoms with Crippen molar-refractivity contribution in [1.29, 1.82) is 0 Å². The third kappa shape index (κ3) is 2.50. The van der Waals surface area contributed by atoms with Crippen molar-refractivity contribution >= 4 is 34.2 Å². The van der Waals surface area contributed by atoms with Gasteiger partial charge in [0, 0.05) is 25.2 Å². The molecule has 124 valence electrons. The quantitative estimate of drug-likeness (QED) is 0.740. The summed E-state index contributed by atoms with van der Waals surface area (Å²) in [7, 11) is 3.10. The molecule has 3 rings (SSSR count). The zero-order chi connectivity index (χ0) is 17.4. The van der Waals surface area contributed by atoms with E-state index >= 15 is 0 Å². The van der Waals surface area contributed by atoms with Crippen molar-refractivity contribution in [3.8, 4) is 0 Å². The molecule has 0 amide bonds. The lowest BCUT2D eigenvalue weighted by Gasteiger charge is -2.16. The molecule has 0 fully saturated rings. The monoisotopic (exact) mass is 342 g/mol. The van der Waals surface area contributed by atoms with E-state index in [9.17, 15) is 9.59 Å². The third-order valence-electron chi connectivity index (χ3n) is 4.03. The van der Waals surface area contributed by atoms with Crippen molar-refractivity contribution in [2.75, 3.05) is 11.6 Å². The Balaban J connectivity index is 2.34. The topological polar surface area (TPSA) is 68.9 Å². The molecule has 3 aromatic rings. The lowest BCUT2D eigenvalue weighted by atomic mass is 10.1. The summed E-state index contributed by atoms with van der Waals surface area (Å²) in [5, 5.41) is 3.77. The average molecular weight is 342 g/mol. The maximum Gasteiger partial charge on any atom is 0.332 e. The fourth-order valence-electron chi connectivity index (χ4n) is 2.67. The molecule has 0 saturated heterocycles. The maximum atomic E-state index is 12.7. The highest BCUT2D eigenvalue weighted by Gasteiger charge is 2.16. The number of aryl methyl sites for hydroxylation is 2. The van der Waals surface area contributed by atoms with Crippen molar-refractivity contribution in [3.63, 3.8) is 0 Å². The van der Waals surface area contributed by atoms with Crippen molar-refractivity contribution in [2.45, 2.75) is 11.8 Å². The fourth-order valence-corrected chi connectivity index (χ4v) is 3.22. The summed E-state index contributed by atoms with van der Waals surface area (Å²) in [6, 6.07) is 7.88. The summed E-state index contributed by atoms with van der Waals surface area (Å²) < 4.78 is 2.50. The van der Waals surface area contributed by atoms with Crippen LogP contribution < -0.4 is 16.6 Å². The van der Waals surface area contributed by atoms with E-state index in [4.69, 9.17) is 0 Å². The number of hydrogen-bond acceptors (Lipinski definition) is 5. The Bertz CT molecular complexity index is 1050. The predicted molar refractivity (Wildman–Crippen MR) is 98.5 cm³/mol. The molecule has 2 aromatic heterocycles. The van der Waals surface area contributed by atoms with Gasteiger partial charge in [0.1, 0.15) is 5.39 Å². The second-order valence-corrected chi connectivity index (χ2v) is 6.39. The molecule has 0 atom stereocenters. The molecule has 1 aromatic carbocycles. The first-order valence-corrected chi connectivity index (χ1v) is 8.63. The molecule has 2 heterocycles. The Morgan fingerprint density at radius 3 is 2.54 bits per heavy atom. The van der Waals surface area contributed by atoms with Gasteiger partial charge in [0.05, 0.1) is 11.4 Å². The van der Waals surface area contributed by atoms with E-state index in [1.165, 1.54) is 11.6 Å². The van der Waals surface area contributed by atoms with Gasteiger partial charge in [-0.1, -0.05) is 12.1 Å². The van der Waals surface area contributed by atoms with Gasteiger partial charge >= 0.3 is 5.69 Å². The third-order valence-corrected chi connectivity index (χ3v) is 4.82. The number of hydrogen-bond donors (Lipinski definition) is 1. The van der Waals surface area contributed by atoms with Crippen LogP contribution in [-0.2, 0) is 14.1 Å². The Morgan fingerprint density at radius 2 is 1.83 bits per heavy atom. The lowest BCUT2D eigenvalue weighted by Crippen LogP contribution is -2.37. The number of benzene rings is 1. The summed E-state index contributed by atoms with van der Waals surface area (Å²) >= 11 is 1.62. The largest absolute Gasteiger partial charge is 0.354 e. The summed E-state index contributed by atoms with van der Waals surface area (Å²) in [4.78, 5) is 30.2. The molecule has 0 radical (unpaired) electrons. The standard InChI is InChI=1S/C17H18N4O2S/c1-10-9-18-15-13(16(22)21(3)17(23)20(15)2)14(10)19-11-7-5-6-8-12(11)24-4/h5-9H,1-4H3,(H,18,19). The van der Waals surface area contributed by atoms with E-state index in [0.717, 1.165) is 20.7 Å². The molecule has 0 aliphatic heterocycles. The van der Waals surface area contributed by atoms with Crippen LogP contribution in [0.15, 0.2) is 44.9 Å². The second kappa shape index (κ2) is 6.16.